The van der Waals surface area contributed by atoms with Crippen LogP contribution in [0.1, 0.15) is 0 Å². The number of hydrogen-bond acceptors (Lipinski definition) is 5. The second kappa shape index (κ2) is 4.74. The first-order valence-electron chi connectivity index (χ1n) is 5.07. The molecule has 0 aliphatic carbocycles. The number of rotatable bonds is 4. The SMILES string of the molecule is COc1cccc(-n2cnc([N+](=O)[O-])c2)c1OC. The van der Waals surface area contributed by atoms with Gasteiger partial charge in [-0.2, -0.15) is 0 Å². The zero-order valence-electron chi connectivity index (χ0n) is 9.86. The first kappa shape index (κ1) is 11.9. The van der Waals surface area contributed by atoms with Crippen molar-refractivity contribution in [2.75, 3.05) is 14.2 Å². The third-order valence-electron chi connectivity index (χ3n) is 2.42. The predicted molar refractivity (Wildman–Crippen MR) is 63.3 cm³/mol. The maximum absolute atomic E-state index is 10.6. The average molecular weight is 249 g/mol. The number of imidazole rings is 1. The largest absolute Gasteiger partial charge is 0.493 e. The molecule has 0 bridgehead atoms. The van der Waals surface area contributed by atoms with E-state index in [2.05, 4.69) is 4.98 Å². The van der Waals surface area contributed by atoms with E-state index in [9.17, 15) is 10.1 Å². The summed E-state index contributed by atoms with van der Waals surface area (Å²) >= 11 is 0. The third-order valence-corrected chi connectivity index (χ3v) is 2.42. The van der Waals surface area contributed by atoms with Crippen molar-refractivity contribution in [3.05, 3.63) is 40.8 Å². The Labute approximate surface area is 103 Å². The van der Waals surface area contributed by atoms with Gasteiger partial charge in [0, 0.05) is 0 Å². The Morgan fingerprint density at radius 2 is 2.11 bits per heavy atom. The van der Waals surface area contributed by atoms with Crippen molar-refractivity contribution in [1.29, 1.82) is 0 Å². The number of aromatic nitrogens is 2. The highest BCUT2D eigenvalue weighted by Crippen LogP contribution is 2.33. The van der Waals surface area contributed by atoms with Gasteiger partial charge in [0.2, 0.25) is 6.33 Å². The molecule has 0 saturated heterocycles. The van der Waals surface area contributed by atoms with Crippen LogP contribution in [0.2, 0.25) is 0 Å². The zero-order valence-corrected chi connectivity index (χ0v) is 9.86. The van der Waals surface area contributed by atoms with E-state index in [1.54, 1.807) is 18.2 Å². The molecule has 0 N–H and O–H groups in total. The Hall–Kier alpha value is -2.57. The van der Waals surface area contributed by atoms with E-state index >= 15 is 0 Å². The normalized spacial score (nSPS) is 10.1. The number of benzene rings is 1. The fraction of sp³-hybridized carbons (Fsp3) is 0.182. The molecule has 0 aliphatic rings. The van der Waals surface area contributed by atoms with Gasteiger partial charge < -0.3 is 19.6 Å². The van der Waals surface area contributed by atoms with Crippen LogP contribution in [0.25, 0.3) is 5.69 Å². The van der Waals surface area contributed by atoms with E-state index in [4.69, 9.17) is 9.47 Å². The van der Waals surface area contributed by atoms with Gasteiger partial charge in [0.1, 0.15) is 6.20 Å². The van der Waals surface area contributed by atoms with E-state index in [0.29, 0.717) is 17.2 Å². The van der Waals surface area contributed by atoms with Gasteiger partial charge in [-0.1, -0.05) is 6.07 Å². The summed E-state index contributed by atoms with van der Waals surface area (Å²) < 4.78 is 11.9. The standard InChI is InChI=1S/C11H11N3O4/c1-17-9-5-3-4-8(11(9)18-2)13-6-10(12-7-13)14(15)16/h3-7H,1-2H3. The Balaban J connectivity index is 2.52. The summed E-state index contributed by atoms with van der Waals surface area (Å²) in [7, 11) is 3.03. The number of nitrogens with zero attached hydrogens (tertiary/aromatic N) is 3. The molecule has 0 amide bonds. The van der Waals surface area contributed by atoms with E-state index in [1.807, 2.05) is 0 Å². The molecule has 0 aliphatic heterocycles. The zero-order chi connectivity index (χ0) is 13.1. The van der Waals surface area contributed by atoms with Gasteiger partial charge >= 0.3 is 5.82 Å². The molecule has 94 valence electrons. The molecule has 7 heteroatoms. The van der Waals surface area contributed by atoms with E-state index in [1.165, 1.54) is 31.3 Å². The molecular formula is C11H11N3O4. The van der Waals surface area contributed by atoms with Gasteiger partial charge in [-0.15, -0.1) is 0 Å². The van der Waals surface area contributed by atoms with Crippen LogP contribution in [0.15, 0.2) is 30.7 Å². The Morgan fingerprint density at radius 3 is 2.67 bits per heavy atom. The monoisotopic (exact) mass is 249 g/mol. The molecule has 2 aromatic rings. The molecule has 1 aromatic heterocycles. The fourth-order valence-corrected chi connectivity index (χ4v) is 1.61. The van der Waals surface area contributed by atoms with Crippen molar-refractivity contribution in [3.63, 3.8) is 0 Å². The number of para-hydroxylation sites is 1. The molecule has 2 rings (SSSR count). The summed E-state index contributed by atoms with van der Waals surface area (Å²) in [5.41, 5.74) is 0.623. The predicted octanol–water partition coefficient (Wildman–Crippen LogP) is 1.80. The molecule has 1 heterocycles. The molecule has 0 spiro atoms. The van der Waals surface area contributed by atoms with E-state index in [0.717, 1.165) is 0 Å². The first-order valence-corrected chi connectivity index (χ1v) is 5.07. The molecule has 0 atom stereocenters. The van der Waals surface area contributed by atoms with Gasteiger partial charge in [0.15, 0.2) is 11.5 Å². The molecule has 0 fully saturated rings. The van der Waals surface area contributed by atoms with Crippen molar-refractivity contribution >= 4 is 5.82 Å². The van der Waals surface area contributed by atoms with Crippen LogP contribution < -0.4 is 9.47 Å². The minimum atomic E-state index is -0.552. The highest BCUT2D eigenvalue weighted by molar-refractivity contribution is 5.56. The van der Waals surface area contributed by atoms with Crippen molar-refractivity contribution in [3.8, 4) is 17.2 Å². The van der Waals surface area contributed by atoms with Crippen LogP contribution in [-0.4, -0.2) is 28.7 Å². The summed E-state index contributed by atoms with van der Waals surface area (Å²) in [5.74, 6) is 0.818. The van der Waals surface area contributed by atoms with Gasteiger partial charge in [0.25, 0.3) is 0 Å². The maximum atomic E-state index is 10.6. The quantitative estimate of drug-likeness (QED) is 0.609. The van der Waals surface area contributed by atoms with Crippen LogP contribution in [0.3, 0.4) is 0 Å². The van der Waals surface area contributed by atoms with Crippen molar-refractivity contribution in [1.82, 2.24) is 9.55 Å². The Kier molecular flexibility index (Phi) is 3.13. The molecule has 0 saturated carbocycles. The molecule has 1 aromatic carbocycles. The number of nitro groups is 1. The first-order chi connectivity index (χ1) is 8.67. The molecule has 7 nitrogen and oxygen atoms in total. The lowest BCUT2D eigenvalue weighted by molar-refractivity contribution is -0.389. The topological polar surface area (TPSA) is 79.4 Å². The minimum absolute atomic E-state index is 0.222. The number of hydrogen-bond donors (Lipinski definition) is 0. The van der Waals surface area contributed by atoms with Crippen LogP contribution in [0.5, 0.6) is 11.5 Å². The van der Waals surface area contributed by atoms with Crippen molar-refractivity contribution in [2.45, 2.75) is 0 Å². The lowest BCUT2D eigenvalue weighted by Crippen LogP contribution is -1.98. The van der Waals surface area contributed by atoms with Gasteiger partial charge in [-0.05, 0) is 22.0 Å². The highest BCUT2D eigenvalue weighted by Gasteiger charge is 2.16. The van der Waals surface area contributed by atoms with Crippen LogP contribution >= 0.6 is 0 Å². The fourth-order valence-electron chi connectivity index (χ4n) is 1.61. The molecule has 18 heavy (non-hydrogen) atoms. The average Bonchev–Trinajstić information content (AvgIpc) is 2.87. The summed E-state index contributed by atoms with van der Waals surface area (Å²) in [5, 5.41) is 10.6. The lowest BCUT2D eigenvalue weighted by Gasteiger charge is -2.11. The molecule has 0 radical (unpaired) electrons. The smallest absolute Gasteiger partial charge is 0.381 e. The van der Waals surface area contributed by atoms with Crippen molar-refractivity contribution in [2.24, 2.45) is 0 Å². The van der Waals surface area contributed by atoms with Gasteiger partial charge in [0.05, 0.1) is 19.9 Å². The summed E-state index contributed by atoms with van der Waals surface area (Å²) in [6.07, 6.45) is 2.67. The third kappa shape index (κ3) is 1.97. The maximum Gasteiger partial charge on any atom is 0.381 e. The summed E-state index contributed by atoms with van der Waals surface area (Å²) in [6.45, 7) is 0. The molecular weight excluding hydrogens is 238 g/mol. The van der Waals surface area contributed by atoms with E-state index < -0.39 is 4.92 Å². The second-order valence-electron chi connectivity index (χ2n) is 3.41. The summed E-state index contributed by atoms with van der Waals surface area (Å²) in [4.78, 5) is 13.7. The minimum Gasteiger partial charge on any atom is -0.493 e. The Morgan fingerprint density at radius 1 is 1.33 bits per heavy atom. The molecule has 0 unspecified atom stereocenters. The number of methoxy groups -OCH3 is 2. The van der Waals surface area contributed by atoms with Crippen LogP contribution in [-0.2, 0) is 0 Å². The second-order valence-corrected chi connectivity index (χ2v) is 3.41. The Bertz CT molecular complexity index is 579. The van der Waals surface area contributed by atoms with E-state index in [-0.39, 0.29) is 5.82 Å². The van der Waals surface area contributed by atoms with Gasteiger partial charge in [-0.25, -0.2) is 0 Å². The van der Waals surface area contributed by atoms with Crippen LogP contribution in [0.4, 0.5) is 5.82 Å². The van der Waals surface area contributed by atoms with Gasteiger partial charge in [-0.3, -0.25) is 4.57 Å². The highest BCUT2D eigenvalue weighted by atomic mass is 16.6. The number of ether oxygens (including phenoxy) is 2. The summed E-state index contributed by atoms with van der Waals surface area (Å²) in [6, 6.07) is 5.27. The lowest BCUT2D eigenvalue weighted by atomic mass is 10.2. The van der Waals surface area contributed by atoms with Crippen molar-refractivity contribution < 1.29 is 14.4 Å². The van der Waals surface area contributed by atoms with Crippen LogP contribution in [0, 0.1) is 10.1 Å².